The summed E-state index contributed by atoms with van der Waals surface area (Å²) in [6, 6.07) is 11.9. The second-order valence-corrected chi connectivity index (χ2v) is 5.12. The lowest BCUT2D eigenvalue weighted by Crippen LogP contribution is -1.93. The van der Waals surface area contributed by atoms with Gasteiger partial charge in [0.1, 0.15) is 0 Å². The van der Waals surface area contributed by atoms with E-state index in [1.54, 1.807) is 6.07 Å². The highest BCUT2D eigenvalue weighted by Gasteiger charge is 2.23. The highest BCUT2D eigenvalue weighted by molar-refractivity contribution is 7.98. The predicted octanol–water partition coefficient (Wildman–Crippen LogP) is 3.89. The van der Waals surface area contributed by atoms with Crippen LogP contribution in [0.15, 0.2) is 41.3 Å². The Hall–Kier alpha value is -1.81. The second kappa shape index (κ2) is 4.14. The molecule has 1 aliphatic carbocycles. The van der Waals surface area contributed by atoms with Crippen molar-refractivity contribution in [1.29, 1.82) is 0 Å². The van der Waals surface area contributed by atoms with E-state index in [0.29, 0.717) is 0 Å². The molecule has 2 aromatic rings. The number of hydrogen-bond donors (Lipinski definition) is 0. The Morgan fingerprint density at radius 1 is 1.17 bits per heavy atom. The minimum absolute atomic E-state index is 0.217. The molecule has 0 heterocycles. The van der Waals surface area contributed by atoms with Gasteiger partial charge in [-0.3, -0.25) is 10.1 Å². The maximum absolute atomic E-state index is 11.0. The molecular weight excluding hydrogens is 246 g/mol. The van der Waals surface area contributed by atoms with Crippen molar-refractivity contribution in [3.8, 4) is 11.1 Å². The lowest BCUT2D eigenvalue weighted by atomic mass is 10.1. The second-order valence-electron chi connectivity index (χ2n) is 4.27. The number of thioether (sulfide) groups is 1. The van der Waals surface area contributed by atoms with Crippen LogP contribution in [0, 0.1) is 10.1 Å². The van der Waals surface area contributed by atoms with E-state index in [-0.39, 0.29) is 10.6 Å². The van der Waals surface area contributed by atoms with Gasteiger partial charge in [-0.1, -0.05) is 24.3 Å². The summed E-state index contributed by atoms with van der Waals surface area (Å²) in [6.45, 7) is 0. The molecule has 0 radical (unpaired) electrons. The topological polar surface area (TPSA) is 43.1 Å². The van der Waals surface area contributed by atoms with Crippen LogP contribution in [0.3, 0.4) is 0 Å². The van der Waals surface area contributed by atoms with E-state index in [1.807, 2.05) is 24.5 Å². The third-order valence-corrected chi connectivity index (χ3v) is 4.06. The molecule has 0 unspecified atom stereocenters. The van der Waals surface area contributed by atoms with Crippen molar-refractivity contribution >= 4 is 17.4 Å². The van der Waals surface area contributed by atoms with E-state index < -0.39 is 0 Å². The molecule has 0 aliphatic heterocycles. The van der Waals surface area contributed by atoms with Gasteiger partial charge in [0.2, 0.25) is 0 Å². The Labute approximate surface area is 109 Å². The minimum Gasteiger partial charge on any atom is -0.258 e. The van der Waals surface area contributed by atoms with Crippen molar-refractivity contribution in [2.75, 3.05) is 6.26 Å². The van der Waals surface area contributed by atoms with E-state index in [0.717, 1.165) is 22.4 Å². The highest BCUT2D eigenvalue weighted by atomic mass is 32.2. The highest BCUT2D eigenvalue weighted by Crippen LogP contribution is 2.41. The number of nitrogens with zero attached hydrogens (tertiary/aromatic N) is 1. The fourth-order valence-corrected chi connectivity index (χ4v) is 3.04. The van der Waals surface area contributed by atoms with Gasteiger partial charge in [0.15, 0.2) is 0 Å². The Balaban J connectivity index is 2.23. The summed E-state index contributed by atoms with van der Waals surface area (Å²) in [5.41, 5.74) is 4.87. The summed E-state index contributed by atoms with van der Waals surface area (Å²) < 4.78 is 0. The largest absolute Gasteiger partial charge is 0.283 e. The first kappa shape index (κ1) is 11.3. The first-order valence-corrected chi connectivity index (χ1v) is 6.87. The summed E-state index contributed by atoms with van der Waals surface area (Å²) in [5, 5.41) is 11.0. The minimum atomic E-state index is -0.297. The number of fused-ring (bicyclic) bond motifs is 3. The number of benzene rings is 2. The molecule has 3 rings (SSSR count). The standard InChI is InChI=1S/C14H11NO2S/c1-18-14-8-12-10(7-13(14)15(16)17)6-9-4-2-3-5-11(9)12/h2-5,7-8H,6H2,1H3. The zero-order valence-corrected chi connectivity index (χ0v) is 10.7. The van der Waals surface area contributed by atoms with Gasteiger partial charge in [-0.05, 0) is 41.0 Å². The molecule has 4 heteroatoms. The molecule has 0 saturated carbocycles. The number of rotatable bonds is 2. The first-order chi connectivity index (χ1) is 8.70. The van der Waals surface area contributed by atoms with Crippen LogP contribution in [0.1, 0.15) is 11.1 Å². The van der Waals surface area contributed by atoms with Gasteiger partial charge >= 0.3 is 0 Å². The van der Waals surface area contributed by atoms with Gasteiger partial charge in [-0.2, -0.15) is 0 Å². The molecule has 0 N–H and O–H groups in total. The van der Waals surface area contributed by atoms with Gasteiger partial charge in [-0.15, -0.1) is 11.8 Å². The third-order valence-electron chi connectivity index (χ3n) is 3.29. The van der Waals surface area contributed by atoms with Crippen molar-refractivity contribution in [2.45, 2.75) is 11.3 Å². The van der Waals surface area contributed by atoms with E-state index in [2.05, 4.69) is 12.1 Å². The Morgan fingerprint density at radius 2 is 1.94 bits per heavy atom. The maximum Gasteiger partial charge on any atom is 0.283 e. The zero-order chi connectivity index (χ0) is 12.7. The quantitative estimate of drug-likeness (QED) is 0.397. The van der Waals surface area contributed by atoms with Crippen LogP contribution in [0.2, 0.25) is 0 Å². The summed E-state index contributed by atoms with van der Waals surface area (Å²) in [5.74, 6) is 0. The number of hydrogen-bond acceptors (Lipinski definition) is 3. The van der Waals surface area contributed by atoms with Crippen molar-refractivity contribution in [3.63, 3.8) is 0 Å². The lowest BCUT2D eigenvalue weighted by molar-refractivity contribution is -0.387. The predicted molar refractivity (Wildman–Crippen MR) is 73.1 cm³/mol. The molecule has 1 aliphatic rings. The van der Waals surface area contributed by atoms with E-state index in [4.69, 9.17) is 0 Å². The van der Waals surface area contributed by atoms with Crippen molar-refractivity contribution in [2.24, 2.45) is 0 Å². The summed E-state index contributed by atoms with van der Waals surface area (Å²) in [6.07, 6.45) is 2.66. The molecule has 90 valence electrons. The lowest BCUT2D eigenvalue weighted by Gasteiger charge is -2.04. The Kier molecular flexibility index (Phi) is 2.59. The van der Waals surface area contributed by atoms with Crippen LogP contribution >= 0.6 is 11.8 Å². The SMILES string of the molecule is CSc1cc2c(cc1[N+](=O)[O-])Cc1ccccc1-2. The smallest absolute Gasteiger partial charge is 0.258 e. The molecule has 0 saturated heterocycles. The van der Waals surface area contributed by atoms with Gasteiger partial charge in [0.05, 0.1) is 9.82 Å². The summed E-state index contributed by atoms with van der Waals surface area (Å²) in [7, 11) is 0. The Bertz CT molecular complexity index is 652. The van der Waals surface area contributed by atoms with Crippen LogP contribution in [-0.4, -0.2) is 11.2 Å². The molecule has 0 bridgehead atoms. The molecular formula is C14H11NO2S. The van der Waals surface area contributed by atoms with Crippen LogP contribution in [-0.2, 0) is 6.42 Å². The molecule has 0 aromatic heterocycles. The molecule has 3 nitrogen and oxygen atoms in total. The maximum atomic E-state index is 11.0. The van der Waals surface area contributed by atoms with Gasteiger partial charge in [0, 0.05) is 6.07 Å². The first-order valence-electron chi connectivity index (χ1n) is 5.64. The molecule has 0 atom stereocenters. The average molecular weight is 257 g/mol. The van der Waals surface area contributed by atoms with Gasteiger partial charge in [-0.25, -0.2) is 0 Å². The third kappa shape index (κ3) is 1.61. The number of nitro groups is 1. The van der Waals surface area contributed by atoms with E-state index >= 15 is 0 Å². The van der Waals surface area contributed by atoms with Gasteiger partial charge in [0.25, 0.3) is 5.69 Å². The van der Waals surface area contributed by atoms with E-state index in [1.165, 1.54) is 22.9 Å². The van der Waals surface area contributed by atoms with Crippen molar-refractivity contribution in [3.05, 3.63) is 57.6 Å². The number of nitro benzene ring substituents is 1. The fourth-order valence-electron chi connectivity index (χ4n) is 2.46. The molecule has 0 fully saturated rings. The summed E-state index contributed by atoms with van der Waals surface area (Å²) in [4.78, 5) is 11.5. The van der Waals surface area contributed by atoms with Gasteiger partial charge < -0.3 is 0 Å². The molecule has 0 spiro atoms. The molecule has 2 aromatic carbocycles. The average Bonchev–Trinajstić information content (AvgIpc) is 2.74. The zero-order valence-electron chi connectivity index (χ0n) is 9.84. The monoisotopic (exact) mass is 257 g/mol. The molecule has 18 heavy (non-hydrogen) atoms. The van der Waals surface area contributed by atoms with E-state index in [9.17, 15) is 10.1 Å². The fraction of sp³-hybridized carbons (Fsp3) is 0.143. The molecule has 0 amide bonds. The van der Waals surface area contributed by atoms with Crippen molar-refractivity contribution in [1.82, 2.24) is 0 Å². The van der Waals surface area contributed by atoms with Crippen LogP contribution in [0.25, 0.3) is 11.1 Å². The van der Waals surface area contributed by atoms with Crippen molar-refractivity contribution < 1.29 is 4.92 Å². The Morgan fingerprint density at radius 3 is 2.67 bits per heavy atom. The van der Waals surface area contributed by atoms with Crippen LogP contribution < -0.4 is 0 Å². The summed E-state index contributed by atoms with van der Waals surface area (Å²) >= 11 is 1.42. The normalized spacial score (nSPS) is 12.1. The van der Waals surface area contributed by atoms with Crippen LogP contribution in [0.4, 0.5) is 5.69 Å². The van der Waals surface area contributed by atoms with Crippen LogP contribution in [0.5, 0.6) is 0 Å².